The summed E-state index contributed by atoms with van der Waals surface area (Å²) in [5.41, 5.74) is 0.538. The van der Waals surface area contributed by atoms with Crippen molar-refractivity contribution in [2.75, 3.05) is 6.54 Å². The lowest BCUT2D eigenvalue weighted by atomic mass is 9.91. The Kier molecular flexibility index (Phi) is 6.58. The highest BCUT2D eigenvalue weighted by atomic mass is 32.2. The predicted octanol–water partition coefficient (Wildman–Crippen LogP) is 3.73. The smallest absolute Gasteiger partial charge is 0.407 e. The summed E-state index contributed by atoms with van der Waals surface area (Å²) in [5.74, 6) is 0.303. The van der Waals surface area contributed by atoms with Crippen molar-refractivity contribution in [1.82, 2.24) is 14.6 Å². The van der Waals surface area contributed by atoms with E-state index in [0.717, 1.165) is 25.0 Å². The molecule has 0 aliphatic carbocycles. The van der Waals surface area contributed by atoms with Gasteiger partial charge in [-0.25, -0.2) is 4.79 Å². The van der Waals surface area contributed by atoms with E-state index in [-0.39, 0.29) is 16.3 Å². The van der Waals surface area contributed by atoms with E-state index in [4.69, 9.17) is 0 Å². The Bertz CT molecular complexity index is 604. The molecule has 1 saturated heterocycles. The highest BCUT2D eigenvalue weighted by Crippen LogP contribution is 2.36. The average Bonchev–Trinajstić information content (AvgIpc) is 2.86. The van der Waals surface area contributed by atoms with Crippen LogP contribution in [0.3, 0.4) is 0 Å². The Morgan fingerprint density at radius 2 is 2.19 bits per heavy atom. The molecule has 3 atom stereocenters. The summed E-state index contributed by atoms with van der Waals surface area (Å²) in [7, 11) is 0. The first kappa shape index (κ1) is 21.0. The summed E-state index contributed by atoms with van der Waals surface area (Å²) < 4.78 is 15.4. The van der Waals surface area contributed by atoms with E-state index in [0.29, 0.717) is 12.5 Å². The van der Waals surface area contributed by atoms with E-state index >= 15 is 0 Å². The van der Waals surface area contributed by atoms with Crippen LogP contribution in [-0.2, 0) is 11.4 Å². The maximum Gasteiger partial charge on any atom is 0.407 e. The summed E-state index contributed by atoms with van der Waals surface area (Å²) in [5, 5.41) is 9.39. The number of likely N-dealkylation sites (tertiary alicyclic amines) is 1. The zero-order chi connectivity index (χ0) is 19.5. The van der Waals surface area contributed by atoms with Crippen molar-refractivity contribution in [3.05, 3.63) is 30.1 Å². The largest absolute Gasteiger partial charge is 0.598 e. The molecule has 0 aromatic carbocycles. The molecule has 0 unspecified atom stereocenters. The highest BCUT2D eigenvalue weighted by molar-refractivity contribution is 7.90. The van der Waals surface area contributed by atoms with Crippen LogP contribution < -0.4 is 4.72 Å². The number of carboxylic acid groups (broad SMARTS) is 1. The van der Waals surface area contributed by atoms with Gasteiger partial charge in [0.25, 0.3) is 0 Å². The van der Waals surface area contributed by atoms with Crippen LogP contribution in [0.4, 0.5) is 4.79 Å². The number of hydrogen-bond donors (Lipinski definition) is 2. The van der Waals surface area contributed by atoms with E-state index in [1.807, 2.05) is 52.8 Å². The molecule has 1 amide bonds. The molecule has 1 aromatic heterocycles. The topological polar surface area (TPSA) is 88.5 Å². The van der Waals surface area contributed by atoms with Gasteiger partial charge in [-0.3, -0.25) is 4.98 Å². The minimum atomic E-state index is -1.20. The van der Waals surface area contributed by atoms with Crippen LogP contribution >= 0.6 is 0 Å². The molecule has 1 aliphatic heterocycles. The fraction of sp³-hybridized carbons (Fsp3) is 0.684. The molecule has 1 aliphatic rings. The minimum Gasteiger partial charge on any atom is -0.598 e. The molecule has 7 heteroatoms. The number of rotatable bonds is 6. The summed E-state index contributed by atoms with van der Waals surface area (Å²) in [6.45, 7) is 10.3. The number of pyridine rings is 1. The third kappa shape index (κ3) is 5.34. The van der Waals surface area contributed by atoms with Gasteiger partial charge in [0.1, 0.15) is 4.75 Å². The van der Waals surface area contributed by atoms with E-state index in [9.17, 15) is 14.5 Å². The van der Waals surface area contributed by atoms with Crippen molar-refractivity contribution < 1.29 is 14.5 Å². The Hall–Kier alpha value is -1.31. The van der Waals surface area contributed by atoms with Crippen LogP contribution in [-0.4, -0.2) is 42.5 Å². The third-order valence-corrected chi connectivity index (χ3v) is 6.52. The number of nitrogens with zero attached hydrogens (tertiary/aromatic N) is 2. The van der Waals surface area contributed by atoms with Gasteiger partial charge < -0.3 is 14.6 Å². The number of hydrogen-bond acceptors (Lipinski definition) is 4. The lowest BCUT2D eigenvalue weighted by Crippen LogP contribution is -2.41. The Morgan fingerprint density at radius 1 is 1.50 bits per heavy atom. The Morgan fingerprint density at radius 3 is 2.69 bits per heavy atom. The molecule has 2 heterocycles. The van der Waals surface area contributed by atoms with Crippen LogP contribution in [0.1, 0.15) is 65.6 Å². The Labute approximate surface area is 159 Å². The molecule has 0 spiro atoms. The van der Waals surface area contributed by atoms with E-state index in [1.165, 1.54) is 4.90 Å². The molecule has 0 saturated carbocycles. The lowest BCUT2D eigenvalue weighted by Gasteiger charge is -2.28. The second-order valence-corrected chi connectivity index (χ2v) is 10.7. The molecule has 0 bridgehead atoms. The van der Waals surface area contributed by atoms with Crippen molar-refractivity contribution in [1.29, 1.82) is 0 Å². The van der Waals surface area contributed by atoms with Crippen LogP contribution in [0.5, 0.6) is 0 Å². The molecule has 2 rings (SSSR count). The normalized spacial score (nSPS) is 22.2. The number of carbonyl (C=O) groups is 1. The molecular formula is C19H31N3O3S. The molecule has 26 heavy (non-hydrogen) atoms. The summed E-state index contributed by atoms with van der Waals surface area (Å²) in [6.07, 6.45) is 3.37. The van der Waals surface area contributed by atoms with Crippen LogP contribution in [0.15, 0.2) is 24.4 Å². The van der Waals surface area contributed by atoms with Gasteiger partial charge in [0.2, 0.25) is 0 Å². The molecule has 0 radical (unpaired) electrons. The van der Waals surface area contributed by atoms with Crippen molar-refractivity contribution in [3.63, 3.8) is 0 Å². The van der Waals surface area contributed by atoms with Crippen LogP contribution in [0.25, 0.3) is 0 Å². The maximum atomic E-state index is 12.6. The predicted molar refractivity (Wildman–Crippen MR) is 104 cm³/mol. The van der Waals surface area contributed by atoms with E-state index < -0.39 is 17.5 Å². The molecule has 146 valence electrons. The third-order valence-electron chi connectivity index (χ3n) is 4.90. The van der Waals surface area contributed by atoms with Crippen molar-refractivity contribution in [3.8, 4) is 0 Å². The monoisotopic (exact) mass is 381 g/mol. The standard InChI is InChI=1S/C19H31N3O3S/c1-18(2,3)26(25)21-16(15-8-6-7-11-20-15)10-9-14-12-19(4,5)22(13-14)17(23)24/h6-8,11,14,16,21H,9-10,12-13H2,1-5H3,(H,23,24)/t14-,16-,26-/m0/s1. The van der Waals surface area contributed by atoms with Gasteiger partial charge in [0.05, 0.1) is 11.7 Å². The quantitative estimate of drug-likeness (QED) is 0.733. The summed E-state index contributed by atoms with van der Waals surface area (Å²) in [6, 6.07) is 5.63. The maximum absolute atomic E-state index is 12.6. The van der Waals surface area contributed by atoms with Gasteiger partial charge >= 0.3 is 6.09 Å². The average molecular weight is 382 g/mol. The molecule has 6 nitrogen and oxygen atoms in total. The van der Waals surface area contributed by atoms with Crippen LogP contribution in [0.2, 0.25) is 0 Å². The lowest BCUT2D eigenvalue weighted by molar-refractivity contribution is 0.117. The van der Waals surface area contributed by atoms with E-state index in [2.05, 4.69) is 9.71 Å². The first-order valence-electron chi connectivity index (χ1n) is 9.10. The van der Waals surface area contributed by atoms with Crippen molar-refractivity contribution >= 4 is 17.5 Å². The van der Waals surface area contributed by atoms with Crippen LogP contribution in [0, 0.1) is 5.92 Å². The van der Waals surface area contributed by atoms with E-state index in [1.54, 1.807) is 6.20 Å². The number of aromatic nitrogens is 1. The minimum absolute atomic E-state index is 0.113. The fourth-order valence-corrected chi connectivity index (χ4v) is 4.33. The molecule has 1 aromatic rings. The van der Waals surface area contributed by atoms with Crippen molar-refractivity contribution in [2.45, 2.75) is 70.2 Å². The zero-order valence-corrected chi connectivity index (χ0v) is 17.2. The number of nitrogens with one attached hydrogen (secondary N) is 1. The molecule has 2 N–H and O–H groups in total. The molecular weight excluding hydrogens is 350 g/mol. The highest BCUT2D eigenvalue weighted by Gasteiger charge is 2.41. The Balaban J connectivity index is 2.05. The van der Waals surface area contributed by atoms with Crippen molar-refractivity contribution in [2.24, 2.45) is 5.92 Å². The molecule has 1 fully saturated rings. The first-order valence-corrected chi connectivity index (χ1v) is 10.3. The van der Waals surface area contributed by atoms with Gasteiger partial charge in [-0.1, -0.05) is 6.07 Å². The second-order valence-electron chi connectivity index (χ2n) is 8.66. The summed E-state index contributed by atoms with van der Waals surface area (Å²) in [4.78, 5) is 17.4. The first-order chi connectivity index (χ1) is 12.0. The van der Waals surface area contributed by atoms with Gasteiger partial charge in [0, 0.05) is 29.6 Å². The van der Waals surface area contributed by atoms with Gasteiger partial charge in [-0.2, -0.15) is 0 Å². The fourth-order valence-electron chi connectivity index (χ4n) is 3.47. The van der Waals surface area contributed by atoms with Gasteiger partial charge in [-0.15, -0.1) is 4.72 Å². The van der Waals surface area contributed by atoms with Gasteiger partial charge in [0.15, 0.2) is 0 Å². The number of amides is 1. The zero-order valence-electron chi connectivity index (χ0n) is 16.4. The SMILES string of the molecule is CC1(C)C[C@H](CC[C@H](N[S@@+]([O-])C(C)(C)C)c2ccccn2)CN1C(=O)O. The summed E-state index contributed by atoms with van der Waals surface area (Å²) >= 11 is -1.20. The van der Waals surface area contributed by atoms with Gasteiger partial charge in [-0.05, 0) is 71.9 Å². The second kappa shape index (κ2) is 8.15.